The molecule has 3 aromatic rings. The number of carboxylic acids is 1. The molecule has 0 saturated carbocycles. The topological polar surface area (TPSA) is 107 Å². The predicted octanol–water partition coefficient (Wildman–Crippen LogP) is 1.91. The Hall–Kier alpha value is -3.29. The Kier molecular flexibility index (Phi) is 3.71. The van der Waals surface area contributed by atoms with E-state index in [0.29, 0.717) is 22.4 Å². The number of fused-ring (bicyclic) bond motifs is 1. The van der Waals surface area contributed by atoms with Gasteiger partial charge in [0.05, 0.1) is 17.9 Å². The normalized spacial score (nSPS) is 10.7. The van der Waals surface area contributed by atoms with Crippen LogP contribution in [0.2, 0.25) is 0 Å². The molecule has 0 amide bonds. The molecule has 0 atom stereocenters. The van der Waals surface area contributed by atoms with Crippen molar-refractivity contribution in [3.8, 4) is 11.5 Å². The Bertz CT molecular complexity index is 889. The zero-order valence-electron chi connectivity index (χ0n) is 12.1. The summed E-state index contributed by atoms with van der Waals surface area (Å²) in [5, 5.41) is 13.6. The lowest BCUT2D eigenvalue weighted by Gasteiger charge is -2.05. The van der Waals surface area contributed by atoms with Gasteiger partial charge in [-0.2, -0.15) is 5.10 Å². The van der Waals surface area contributed by atoms with Crippen LogP contribution in [-0.2, 0) is 11.3 Å². The summed E-state index contributed by atoms with van der Waals surface area (Å²) in [6.07, 6.45) is 4.41. The maximum absolute atomic E-state index is 11.7. The molecular formula is C15H12N4O4. The van der Waals surface area contributed by atoms with Gasteiger partial charge in [0.15, 0.2) is 11.5 Å². The Balaban J connectivity index is 2.05. The molecule has 1 aromatic carbocycles. The molecule has 8 nitrogen and oxygen atoms in total. The van der Waals surface area contributed by atoms with Crippen LogP contribution in [0.4, 0.5) is 0 Å². The predicted molar refractivity (Wildman–Crippen MR) is 79.5 cm³/mol. The molecule has 2 heterocycles. The van der Waals surface area contributed by atoms with Gasteiger partial charge in [-0.15, -0.1) is 0 Å². The first-order valence-corrected chi connectivity index (χ1v) is 6.71. The lowest BCUT2D eigenvalue weighted by atomic mass is 10.1. The SMILES string of the molecule is CC(=O)c1nn(CC(=O)O)c2ccc(Oc3cncnc3)cc12. The molecule has 0 aliphatic heterocycles. The van der Waals surface area contributed by atoms with E-state index in [1.54, 1.807) is 18.2 Å². The first-order valence-electron chi connectivity index (χ1n) is 6.71. The Morgan fingerprint density at radius 3 is 2.61 bits per heavy atom. The third kappa shape index (κ3) is 3.00. The number of carboxylic acid groups (broad SMARTS) is 1. The van der Waals surface area contributed by atoms with Gasteiger partial charge in [0, 0.05) is 12.3 Å². The van der Waals surface area contributed by atoms with E-state index < -0.39 is 5.97 Å². The van der Waals surface area contributed by atoms with Gasteiger partial charge in [-0.05, 0) is 18.2 Å². The molecule has 0 bridgehead atoms. The standard InChI is InChI=1S/C15H12N4O4/c1-9(20)15-12-4-10(23-11-5-16-8-17-6-11)2-3-13(12)19(18-15)7-14(21)22/h2-6,8H,7H2,1H3,(H,21,22). The number of benzene rings is 1. The average Bonchev–Trinajstić information content (AvgIpc) is 2.86. The first kappa shape index (κ1) is 14.6. The number of carbonyl (C=O) groups excluding carboxylic acids is 1. The summed E-state index contributed by atoms with van der Waals surface area (Å²) in [6.45, 7) is 1.06. The molecule has 0 radical (unpaired) electrons. The number of carbonyl (C=O) groups is 2. The third-order valence-corrected chi connectivity index (χ3v) is 3.11. The second kappa shape index (κ2) is 5.84. The van der Waals surface area contributed by atoms with Crippen LogP contribution >= 0.6 is 0 Å². The third-order valence-electron chi connectivity index (χ3n) is 3.11. The van der Waals surface area contributed by atoms with E-state index in [2.05, 4.69) is 15.1 Å². The summed E-state index contributed by atoms with van der Waals surface area (Å²) in [5.41, 5.74) is 0.755. The number of aromatic nitrogens is 4. The summed E-state index contributed by atoms with van der Waals surface area (Å²) in [7, 11) is 0. The minimum atomic E-state index is -1.04. The molecule has 0 aliphatic rings. The van der Waals surface area contributed by atoms with Gasteiger partial charge in [0.2, 0.25) is 0 Å². The molecule has 23 heavy (non-hydrogen) atoms. The van der Waals surface area contributed by atoms with E-state index in [1.807, 2.05) is 0 Å². The van der Waals surface area contributed by atoms with Gasteiger partial charge in [-0.3, -0.25) is 14.3 Å². The Morgan fingerprint density at radius 2 is 1.96 bits per heavy atom. The molecule has 0 aliphatic carbocycles. The first-order chi connectivity index (χ1) is 11.0. The molecular weight excluding hydrogens is 300 g/mol. The summed E-state index contributed by atoms with van der Waals surface area (Å²) < 4.78 is 6.90. The van der Waals surface area contributed by atoms with Gasteiger partial charge in [-0.1, -0.05) is 0 Å². The number of nitrogens with zero attached hydrogens (tertiary/aromatic N) is 4. The molecule has 1 N–H and O–H groups in total. The van der Waals surface area contributed by atoms with Crippen molar-refractivity contribution in [3.05, 3.63) is 42.6 Å². The lowest BCUT2D eigenvalue weighted by molar-refractivity contribution is -0.137. The highest BCUT2D eigenvalue weighted by Crippen LogP contribution is 2.27. The van der Waals surface area contributed by atoms with Crippen LogP contribution in [0.1, 0.15) is 17.4 Å². The van der Waals surface area contributed by atoms with Crippen LogP contribution < -0.4 is 4.74 Å². The number of aliphatic carboxylic acids is 1. The fourth-order valence-corrected chi connectivity index (χ4v) is 2.20. The maximum Gasteiger partial charge on any atom is 0.325 e. The zero-order valence-corrected chi connectivity index (χ0v) is 12.1. The number of ketones is 1. The van der Waals surface area contributed by atoms with Crippen molar-refractivity contribution < 1.29 is 19.4 Å². The summed E-state index contributed by atoms with van der Waals surface area (Å²) in [6, 6.07) is 4.97. The minimum Gasteiger partial charge on any atom is -0.480 e. The molecule has 8 heteroatoms. The van der Waals surface area contributed by atoms with Gasteiger partial charge in [0.1, 0.15) is 24.3 Å². The smallest absolute Gasteiger partial charge is 0.325 e. The van der Waals surface area contributed by atoms with Crippen molar-refractivity contribution in [1.82, 2.24) is 19.7 Å². The average molecular weight is 312 g/mol. The van der Waals surface area contributed by atoms with Crippen LogP contribution in [-0.4, -0.2) is 36.6 Å². The molecule has 0 saturated heterocycles. The van der Waals surface area contributed by atoms with Gasteiger partial charge >= 0.3 is 5.97 Å². The highest BCUT2D eigenvalue weighted by Gasteiger charge is 2.16. The van der Waals surface area contributed by atoms with Crippen molar-refractivity contribution >= 4 is 22.7 Å². The number of ether oxygens (including phenoxy) is 1. The second-order valence-electron chi connectivity index (χ2n) is 4.81. The molecule has 2 aromatic heterocycles. The van der Waals surface area contributed by atoms with Gasteiger partial charge in [-0.25, -0.2) is 9.97 Å². The second-order valence-corrected chi connectivity index (χ2v) is 4.81. The lowest BCUT2D eigenvalue weighted by Crippen LogP contribution is -2.10. The Morgan fingerprint density at radius 1 is 1.22 bits per heavy atom. The number of Topliss-reactive ketones (excluding diaryl/α,β-unsaturated/α-hetero) is 1. The maximum atomic E-state index is 11.7. The summed E-state index contributed by atoms with van der Waals surface area (Å²) >= 11 is 0. The minimum absolute atomic E-state index is 0.205. The van der Waals surface area contributed by atoms with Crippen LogP contribution in [0.5, 0.6) is 11.5 Å². The van der Waals surface area contributed by atoms with Crippen LogP contribution in [0.15, 0.2) is 36.9 Å². The van der Waals surface area contributed by atoms with Crippen LogP contribution in [0.25, 0.3) is 10.9 Å². The summed E-state index contributed by atoms with van der Waals surface area (Å²) in [5.74, 6) is -0.357. The number of rotatable bonds is 5. The van der Waals surface area contributed by atoms with Gasteiger partial charge in [0.25, 0.3) is 0 Å². The molecule has 116 valence electrons. The van der Waals surface area contributed by atoms with Gasteiger partial charge < -0.3 is 9.84 Å². The van der Waals surface area contributed by atoms with E-state index in [1.165, 1.54) is 30.3 Å². The van der Waals surface area contributed by atoms with E-state index in [-0.39, 0.29) is 18.0 Å². The highest BCUT2D eigenvalue weighted by molar-refractivity contribution is 6.05. The zero-order chi connectivity index (χ0) is 16.4. The Labute approximate surface area is 130 Å². The van der Waals surface area contributed by atoms with Crippen molar-refractivity contribution in [2.45, 2.75) is 13.5 Å². The molecule has 0 spiro atoms. The van der Waals surface area contributed by atoms with Crippen molar-refractivity contribution in [2.24, 2.45) is 0 Å². The molecule has 0 fully saturated rings. The van der Waals surface area contributed by atoms with E-state index in [4.69, 9.17) is 9.84 Å². The largest absolute Gasteiger partial charge is 0.480 e. The fourth-order valence-electron chi connectivity index (χ4n) is 2.20. The number of hydrogen-bond donors (Lipinski definition) is 1. The molecule has 0 unspecified atom stereocenters. The van der Waals surface area contributed by atoms with E-state index in [9.17, 15) is 9.59 Å². The van der Waals surface area contributed by atoms with E-state index in [0.717, 1.165) is 0 Å². The monoisotopic (exact) mass is 312 g/mol. The van der Waals surface area contributed by atoms with Crippen molar-refractivity contribution in [3.63, 3.8) is 0 Å². The summed E-state index contributed by atoms with van der Waals surface area (Å²) in [4.78, 5) is 30.4. The van der Waals surface area contributed by atoms with E-state index >= 15 is 0 Å². The quantitative estimate of drug-likeness (QED) is 0.717. The highest BCUT2D eigenvalue weighted by atomic mass is 16.5. The van der Waals surface area contributed by atoms with Crippen LogP contribution in [0, 0.1) is 0 Å². The van der Waals surface area contributed by atoms with Crippen molar-refractivity contribution in [2.75, 3.05) is 0 Å². The molecule has 3 rings (SSSR count). The van der Waals surface area contributed by atoms with Crippen LogP contribution in [0.3, 0.4) is 0 Å². The van der Waals surface area contributed by atoms with Crippen molar-refractivity contribution in [1.29, 1.82) is 0 Å². The number of hydrogen-bond acceptors (Lipinski definition) is 6. The fraction of sp³-hybridized carbons (Fsp3) is 0.133.